The zero-order valence-corrected chi connectivity index (χ0v) is 19.2. The van der Waals surface area contributed by atoms with Crippen LogP contribution in [-0.2, 0) is 4.79 Å². The van der Waals surface area contributed by atoms with E-state index in [-0.39, 0.29) is 0 Å². The number of ether oxygens (including phenoxy) is 1. The Bertz CT molecular complexity index is 737. The third-order valence-electron chi connectivity index (χ3n) is 5.05. The van der Waals surface area contributed by atoms with Crippen LogP contribution >= 0.6 is 11.6 Å². The molecule has 0 spiro atoms. The fourth-order valence-electron chi connectivity index (χ4n) is 3.31. The minimum atomic E-state index is -0.460. The maximum Gasteiger partial charge on any atom is 0.213 e. The molecule has 2 aromatic rings. The molecule has 31 heavy (non-hydrogen) atoms. The Balaban J connectivity index is 0.000000285. The Hall–Kier alpha value is -2.12. The number of benzene rings is 2. The van der Waals surface area contributed by atoms with Crippen molar-refractivity contribution in [3.8, 4) is 5.75 Å². The molecular weight excluding hydrogens is 414 g/mol. The summed E-state index contributed by atoms with van der Waals surface area (Å²) in [6.45, 7) is 8.62. The van der Waals surface area contributed by atoms with Crippen molar-refractivity contribution in [3.05, 3.63) is 59.6 Å². The summed E-state index contributed by atoms with van der Waals surface area (Å²) in [6.07, 6.45) is 1.53. The molecule has 0 bridgehead atoms. The minimum Gasteiger partial charge on any atom is -0.491 e. The Morgan fingerprint density at radius 2 is 1.68 bits per heavy atom. The molecule has 1 N–H and O–H groups in total. The number of aliphatic hydroxyl groups is 1. The van der Waals surface area contributed by atoms with Crippen molar-refractivity contribution in [1.82, 2.24) is 9.80 Å². The van der Waals surface area contributed by atoms with E-state index in [4.69, 9.17) is 16.3 Å². The van der Waals surface area contributed by atoms with Gasteiger partial charge in [0.05, 0.1) is 0 Å². The summed E-state index contributed by atoms with van der Waals surface area (Å²) in [7, 11) is 1.72. The van der Waals surface area contributed by atoms with Crippen molar-refractivity contribution in [2.75, 3.05) is 57.8 Å². The second-order valence-electron chi connectivity index (χ2n) is 7.61. The van der Waals surface area contributed by atoms with Gasteiger partial charge in [-0.3, -0.25) is 9.69 Å². The average molecular weight is 448 g/mol. The van der Waals surface area contributed by atoms with Crippen LogP contribution in [0.25, 0.3) is 0 Å². The molecule has 0 aromatic heterocycles. The Morgan fingerprint density at radius 1 is 1.06 bits per heavy atom. The molecule has 0 aliphatic carbocycles. The predicted molar refractivity (Wildman–Crippen MR) is 127 cm³/mol. The summed E-state index contributed by atoms with van der Waals surface area (Å²) in [6, 6.07) is 16.7. The molecular formula is C24H34ClN3O3. The van der Waals surface area contributed by atoms with Crippen molar-refractivity contribution in [1.29, 1.82) is 0 Å². The van der Waals surface area contributed by atoms with Gasteiger partial charge in [-0.25, -0.2) is 0 Å². The van der Waals surface area contributed by atoms with Gasteiger partial charge < -0.3 is 19.6 Å². The number of nitrogens with zero attached hydrogens (tertiary/aromatic N) is 3. The molecule has 170 valence electrons. The lowest BCUT2D eigenvalue weighted by Crippen LogP contribution is -2.49. The van der Waals surface area contributed by atoms with Crippen molar-refractivity contribution in [2.45, 2.75) is 19.4 Å². The standard InChI is InChI=1S/C16H25ClN2O2.C8H9NO/c1-2-7-18-8-10-19(11-9-18)12-15(20)13-21-16-5-3-14(17)4-6-16;1-9(7-10)8-5-3-2-4-6-8/h3-6,15,20H,2,7-13H2,1H3;2-7H,1H3. The molecule has 1 atom stereocenters. The van der Waals surface area contributed by atoms with Crippen LogP contribution in [0.5, 0.6) is 5.75 Å². The first-order valence-corrected chi connectivity index (χ1v) is 11.1. The Kier molecular flexibility index (Phi) is 11.4. The molecule has 3 rings (SSSR count). The average Bonchev–Trinajstić information content (AvgIpc) is 2.80. The molecule has 1 saturated heterocycles. The Labute approximate surface area is 191 Å². The Morgan fingerprint density at radius 3 is 2.26 bits per heavy atom. The van der Waals surface area contributed by atoms with E-state index >= 15 is 0 Å². The van der Waals surface area contributed by atoms with Gasteiger partial charge in [0.15, 0.2) is 0 Å². The van der Waals surface area contributed by atoms with Crippen molar-refractivity contribution >= 4 is 23.7 Å². The highest BCUT2D eigenvalue weighted by atomic mass is 35.5. The van der Waals surface area contributed by atoms with Gasteiger partial charge in [0.2, 0.25) is 6.41 Å². The van der Waals surface area contributed by atoms with Crippen LogP contribution in [0.1, 0.15) is 13.3 Å². The number of rotatable bonds is 9. The molecule has 1 heterocycles. The van der Waals surface area contributed by atoms with Gasteiger partial charge >= 0.3 is 0 Å². The molecule has 1 fully saturated rings. The predicted octanol–water partition coefficient (Wildman–Crippen LogP) is 3.39. The van der Waals surface area contributed by atoms with Gasteiger partial charge in [-0.1, -0.05) is 36.7 Å². The third kappa shape index (κ3) is 9.70. The van der Waals surface area contributed by atoms with E-state index in [2.05, 4.69) is 16.7 Å². The summed E-state index contributed by atoms with van der Waals surface area (Å²) in [5.74, 6) is 0.742. The molecule has 2 aromatic carbocycles. The normalized spacial score (nSPS) is 15.5. The number of hydrogen-bond acceptors (Lipinski definition) is 5. The van der Waals surface area contributed by atoms with E-state index in [0.29, 0.717) is 18.2 Å². The van der Waals surface area contributed by atoms with Crippen molar-refractivity contribution in [3.63, 3.8) is 0 Å². The number of hydrogen-bond donors (Lipinski definition) is 1. The van der Waals surface area contributed by atoms with Crippen LogP contribution in [-0.4, -0.2) is 80.3 Å². The van der Waals surface area contributed by atoms with Gasteiger partial charge in [-0.2, -0.15) is 0 Å². The number of β-amino-alcohol motifs (C(OH)–C–C–N with tert-alkyl or cyclic N) is 1. The maximum atomic E-state index is 10.2. The first kappa shape index (κ1) is 25.1. The molecule has 7 heteroatoms. The van der Waals surface area contributed by atoms with Crippen LogP contribution < -0.4 is 9.64 Å². The monoisotopic (exact) mass is 447 g/mol. The number of carbonyl (C=O) groups excluding carboxylic acids is 1. The van der Waals surface area contributed by atoms with Crippen molar-refractivity contribution in [2.24, 2.45) is 0 Å². The number of carbonyl (C=O) groups is 1. The van der Waals surface area contributed by atoms with Crippen LogP contribution in [0.2, 0.25) is 5.02 Å². The molecule has 1 aliphatic rings. The van der Waals surface area contributed by atoms with E-state index in [1.165, 1.54) is 17.9 Å². The SMILES string of the molecule is CCCN1CCN(CC(O)COc2ccc(Cl)cc2)CC1.CN(C=O)c1ccccc1. The van der Waals surface area contributed by atoms with Crippen LogP contribution in [0.3, 0.4) is 0 Å². The summed E-state index contributed by atoms with van der Waals surface area (Å²) in [5.41, 5.74) is 0.914. The van der Waals surface area contributed by atoms with E-state index in [1.54, 1.807) is 19.2 Å². The first-order chi connectivity index (χ1) is 15.0. The lowest BCUT2D eigenvalue weighted by atomic mass is 10.2. The van der Waals surface area contributed by atoms with E-state index < -0.39 is 6.10 Å². The molecule has 1 amide bonds. The first-order valence-electron chi connectivity index (χ1n) is 10.8. The lowest BCUT2D eigenvalue weighted by Gasteiger charge is -2.35. The number of halogens is 1. The zero-order valence-electron chi connectivity index (χ0n) is 18.5. The molecule has 1 aliphatic heterocycles. The third-order valence-corrected chi connectivity index (χ3v) is 5.30. The fraction of sp³-hybridized carbons (Fsp3) is 0.458. The number of piperazine rings is 1. The summed E-state index contributed by atoms with van der Waals surface area (Å²) < 4.78 is 5.58. The number of amides is 1. The molecule has 0 saturated carbocycles. The summed E-state index contributed by atoms with van der Waals surface area (Å²) in [5, 5.41) is 10.8. The maximum absolute atomic E-state index is 10.2. The molecule has 0 radical (unpaired) electrons. The highest BCUT2D eigenvalue weighted by molar-refractivity contribution is 6.30. The van der Waals surface area contributed by atoms with Crippen LogP contribution in [0.15, 0.2) is 54.6 Å². The highest BCUT2D eigenvalue weighted by Crippen LogP contribution is 2.15. The number of aliphatic hydroxyl groups excluding tert-OH is 1. The van der Waals surface area contributed by atoms with Crippen molar-refractivity contribution < 1.29 is 14.6 Å². The van der Waals surface area contributed by atoms with Gasteiger partial charge in [0, 0.05) is 50.5 Å². The minimum absolute atomic E-state index is 0.316. The van der Waals surface area contributed by atoms with Gasteiger partial charge in [0.25, 0.3) is 0 Å². The quantitative estimate of drug-likeness (QED) is 0.597. The highest BCUT2D eigenvalue weighted by Gasteiger charge is 2.18. The lowest BCUT2D eigenvalue weighted by molar-refractivity contribution is -0.107. The summed E-state index contributed by atoms with van der Waals surface area (Å²) in [4.78, 5) is 16.5. The zero-order chi connectivity index (χ0) is 22.5. The largest absolute Gasteiger partial charge is 0.491 e. The summed E-state index contributed by atoms with van der Waals surface area (Å²) >= 11 is 5.82. The number of anilines is 1. The van der Waals surface area contributed by atoms with Gasteiger partial charge in [0.1, 0.15) is 18.5 Å². The van der Waals surface area contributed by atoms with Crippen LogP contribution in [0, 0.1) is 0 Å². The fourth-order valence-corrected chi connectivity index (χ4v) is 3.44. The second-order valence-corrected chi connectivity index (χ2v) is 8.05. The van der Waals surface area contributed by atoms with E-state index in [9.17, 15) is 9.90 Å². The van der Waals surface area contributed by atoms with E-state index in [0.717, 1.165) is 44.0 Å². The van der Waals surface area contributed by atoms with Crippen LogP contribution in [0.4, 0.5) is 5.69 Å². The number of para-hydroxylation sites is 1. The molecule has 6 nitrogen and oxygen atoms in total. The smallest absolute Gasteiger partial charge is 0.213 e. The van der Waals surface area contributed by atoms with Gasteiger partial charge in [-0.15, -0.1) is 0 Å². The molecule has 1 unspecified atom stereocenters. The topological polar surface area (TPSA) is 56.2 Å². The second kappa shape index (κ2) is 14.0. The van der Waals surface area contributed by atoms with E-state index in [1.807, 2.05) is 42.5 Å². The van der Waals surface area contributed by atoms with Gasteiger partial charge in [-0.05, 0) is 49.4 Å².